The van der Waals surface area contributed by atoms with Crippen molar-refractivity contribution in [3.8, 4) is 17.2 Å². The molecule has 0 saturated carbocycles. The number of ether oxygens (including phenoxy) is 2. The van der Waals surface area contributed by atoms with E-state index in [1.807, 2.05) is 31.2 Å². The minimum atomic E-state index is -0.453. The first-order valence-corrected chi connectivity index (χ1v) is 10.6. The molecule has 3 unspecified atom stereocenters. The van der Waals surface area contributed by atoms with Crippen LogP contribution in [0, 0.1) is 6.92 Å². The van der Waals surface area contributed by atoms with E-state index in [0.717, 1.165) is 40.2 Å². The molecule has 4 rings (SSSR count). The van der Waals surface area contributed by atoms with E-state index in [4.69, 9.17) is 9.47 Å². The molecule has 28 heavy (non-hydrogen) atoms. The van der Waals surface area contributed by atoms with Crippen LogP contribution in [0.5, 0.6) is 17.2 Å². The van der Waals surface area contributed by atoms with E-state index >= 15 is 0 Å². The number of benzene rings is 2. The molecule has 3 N–H and O–H groups in total. The van der Waals surface area contributed by atoms with Gasteiger partial charge in [-0.15, -0.1) is 11.8 Å². The highest BCUT2D eigenvalue weighted by Crippen LogP contribution is 2.46. The van der Waals surface area contributed by atoms with Gasteiger partial charge in [0.25, 0.3) is 0 Å². The third-order valence-corrected chi connectivity index (χ3v) is 6.92. The lowest BCUT2D eigenvalue weighted by atomic mass is 9.94. The molecule has 3 atom stereocenters. The molecule has 6 heteroatoms. The van der Waals surface area contributed by atoms with Crippen LogP contribution in [0.1, 0.15) is 40.3 Å². The van der Waals surface area contributed by atoms with Crippen molar-refractivity contribution in [3.05, 3.63) is 52.6 Å². The van der Waals surface area contributed by atoms with E-state index in [1.165, 1.54) is 0 Å². The van der Waals surface area contributed by atoms with Crippen LogP contribution in [0.4, 0.5) is 0 Å². The molecule has 1 saturated heterocycles. The monoisotopic (exact) mass is 402 g/mol. The maximum atomic E-state index is 10.5. The molecular weight excluding hydrogens is 376 g/mol. The van der Waals surface area contributed by atoms with Gasteiger partial charge in [-0.05, 0) is 61.1 Å². The standard InChI is InChI=1S/C22H26O5S/c1-13-6-19(25)18(22-11-16(24)10-17(12-23)28-22)9-15(13)7-14-2-3-20-21(8-14)27-5-4-26-20/h2-3,6,8-9,16-17,22-25H,4-5,7,10-12H2,1H3. The summed E-state index contributed by atoms with van der Waals surface area (Å²) in [5.74, 6) is 1.81. The Morgan fingerprint density at radius 3 is 2.64 bits per heavy atom. The average Bonchev–Trinajstić information content (AvgIpc) is 2.69. The van der Waals surface area contributed by atoms with E-state index < -0.39 is 6.10 Å². The van der Waals surface area contributed by atoms with E-state index in [-0.39, 0.29) is 22.9 Å². The lowest BCUT2D eigenvalue weighted by Crippen LogP contribution is -2.26. The fourth-order valence-corrected chi connectivity index (χ4v) is 5.48. The van der Waals surface area contributed by atoms with Gasteiger partial charge in [-0.3, -0.25) is 0 Å². The Labute approximate surface area is 169 Å². The molecule has 2 heterocycles. The van der Waals surface area contributed by atoms with Crippen molar-refractivity contribution in [2.45, 2.75) is 42.8 Å². The molecule has 5 nitrogen and oxygen atoms in total. The summed E-state index contributed by atoms with van der Waals surface area (Å²) in [6.07, 6.45) is 1.44. The maximum absolute atomic E-state index is 10.5. The van der Waals surface area contributed by atoms with Crippen molar-refractivity contribution in [1.82, 2.24) is 0 Å². The zero-order valence-corrected chi connectivity index (χ0v) is 16.7. The number of fused-ring (bicyclic) bond motifs is 1. The predicted molar refractivity (Wildman–Crippen MR) is 110 cm³/mol. The fraction of sp³-hybridized carbons (Fsp3) is 0.455. The number of aromatic hydroxyl groups is 1. The maximum Gasteiger partial charge on any atom is 0.161 e. The van der Waals surface area contributed by atoms with E-state index in [1.54, 1.807) is 17.8 Å². The van der Waals surface area contributed by atoms with Crippen LogP contribution in [-0.2, 0) is 6.42 Å². The fourth-order valence-electron chi connectivity index (χ4n) is 3.93. The summed E-state index contributed by atoms with van der Waals surface area (Å²) in [5.41, 5.74) is 4.11. The number of aliphatic hydroxyl groups is 2. The van der Waals surface area contributed by atoms with Gasteiger partial charge >= 0.3 is 0 Å². The summed E-state index contributed by atoms with van der Waals surface area (Å²) in [4.78, 5) is 0. The number of phenols is 1. The summed E-state index contributed by atoms with van der Waals surface area (Å²) < 4.78 is 11.3. The molecule has 1 fully saturated rings. The normalized spacial score (nSPS) is 24.2. The molecule has 0 aromatic heterocycles. The van der Waals surface area contributed by atoms with Gasteiger partial charge < -0.3 is 24.8 Å². The molecule has 0 amide bonds. The lowest BCUT2D eigenvalue weighted by Gasteiger charge is -2.32. The highest BCUT2D eigenvalue weighted by Gasteiger charge is 2.30. The van der Waals surface area contributed by atoms with Gasteiger partial charge in [0, 0.05) is 16.1 Å². The van der Waals surface area contributed by atoms with Crippen molar-refractivity contribution in [1.29, 1.82) is 0 Å². The number of aryl methyl sites for hydroxylation is 1. The Hall–Kier alpha value is -1.89. The first-order chi connectivity index (χ1) is 13.5. The minimum absolute atomic E-state index is 0.00398. The van der Waals surface area contributed by atoms with Crippen LogP contribution < -0.4 is 9.47 Å². The SMILES string of the molecule is Cc1cc(O)c(C2CC(O)CC(CO)S2)cc1Cc1ccc2c(c1)OCCO2. The summed E-state index contributed by atoms with van der Waals surface area (Å²) in [6, 6.07) is 9.85. The second-order valence-electron chi connectivity index (χ2n) is 7.55. The van der Waals surface area contributed by atoms with E-state index in [9.17, 15) is 15.3 Å². The van der Waals surface area contributed by atoms with Crippen LogP contribution in [-0.4, -0.2) is 46.5 Å². The predicted octanol–water partition coefficient (Wildman–Crippen LogP) is 3.35. The average molecular weight is 403 g/mol. The Kier molecular flexibility index (Phi) is 5.71. The Bertz CT molecular complexity index is 853. The molecule has 2 aliphatic rings. The first kappa shape index (κ1) is 19.4. The van der Waals surface area contributed by atoms with Crippen molar-refractivity contribution < 1.29 is 24.8 Å². The smallest absolute Gasteiger partial charge is 0.161 e. The van der Waals surface area contributed by atoms with E-state index in [2.05, 4.69) is 0 Å². The van der Waals surface area contributed by atoms with Gasteiger partial charge in [-0.25, -0.2) is 0 Å². The third kappa shape index (κ3) is 4.09. The molecule has 2 aliphatic heterocycles. The quantitative estimate of drug-likeness (QED) is 0.728. The zero-order chi connectivity index (χ0) is 19.7. The van der Waals surface area contributed by atoms with Gasteiger partial charge in [0.05, 0.1) is 12.7 Å². The molecule has 0 aliphatic carbocycles. The van der Waals surface area contributed by atoms with Gasteiger partial charge in [0.2, 0.25) is 0 Å². The van der Waals surface area contributed by atoms with Crippen LogP contribution in [0.15, 0.2) is 30.3 Å². The second kappa shape index (κ2) is 8.23. The highest BCUT2D eigenvalue weighted by atomic mass is 32.2. The van der Waals surface area contributed by atoms with Gasteiger partial charge in [0.15, 0.2) is 11.5 Å². The third-order valence-electron chi connectivity index (χ3n) is 5.41. The van der Waals surface area contributed by atoms with Crippen molar-refractivity contribution in [2.24, 2.45) is 0 Å². The topological polar surface area (TPSA) is 79.2 Å². The molecule has 2 aromatic carbocycles. The van der Waals surface area contributed by atoms with Gasteiger partial charge in [0.1, 0.15) is 19.0 Å². The molecule has 150 valence electrons. The minimum Gasteiger partial charge on any atom is -0.508 e. The summed E-state index contributed by atoms with van der Waals surface area (Å²) in [7, 11) is 0. The van der Waals surface area contributed by atoms with Crippen LogP contribution >= 0.6 is 11.8 Å². The Morgan fingerprint density at radius 1 is 1.07 bits per heavy atom. The van der Waals surface area contributed by atoms with Crippen molar-refractivity contribution >= 4 is 11.8 Å². The lowest BCUT2D eigenvalue weighted by molar-refractivity contribution is 0.137. The summed E-state index contributed by atoms with van der Waals surface area (Å²) in [6.45, 7) is 3.17. The van der Waals surface area contributed by atoms with E-state index in [0.29, 0.717) is 26.1 Å². The number of hydrogen-bond acceptors (Lipinski definition) is 6. The second-order valence-corrected chi connectivity index (χ2v) is 9.05. The molecule has 2 aromatic rings. The zero-order valence-electron chi connectivity index (χ0n) is 15.9. The number of aliphatic hydroxyl groups excluding tert-OH is 2. The van der Waals surface area contributed by atoms with Crippen LogP contribution in [0.25, 0.3) is 0 Å². The largest absolute Gasteiger partial charge is 0.508 e. The molecule has 0 spiro atoms. The summed E-state index contributed by atoms with van der Waals surface area (Å²) >= 11 is 1.64. The van der Waals surface area contributed by atoms with Gasteiger partial charge in [-0.1, -0.05) is 12.1 Å². The van der Waals surface area contributed by atoms with Crippen LogP contribution in [0.2, 0.25) is 0 Å². The number of rotatable bonds is 4. The number of phenolic OH excluding ortho intramolecular Hbond substituents is 1. The molecule has 0 radical (unpaired) electrons. The first-order valence-electron chi connectivity index (χ1n) is 9.68. The van der Waals surface area contributed by atoms with Crippen LogP contribution in [0.3, 0.4) is 0 Å². The number of hydrogen-bond donors (Lipinski definition) is 3. The Morgan fingerprint density at radius 2 is 1.86 bits per heavy atom. The summed E-state index contributed by atoms with van der Waals surface area (Å²) in [5, 5.41) is 30.2. The van der Waals surface area contributed by atoms with Crippen molar-refractivity contribution in [2.75, 3.05) is 19.8 Å². The highest BCUT2D eigenvalue weighted by molar-refractivity contribution is 8.00. The Balaban J connectivity index is 1.60. The van der Waals surface area contributed by atoms with Gasteiger partial charge in [-0.2, -0.15) is 0 Å². The number of thioether (sulfide) groups is 1. The van der Waals surface area contributed by atoms with Crippen molar-refractivity contribution in [3.63, 3.8) is 0 Å². The molecule has 0 bridgehead atoms. The molecular formula is C22H26O5S.